The van der Waals surface area contributed by atoms with Crippen LogP contribution in [0.25, 0.3) is 0 Å². The number of halogens is 2. The molecule has 0 amide bonds. The van der Waals surface area contributed by atoms with Crippen LogP contribution >= 0.6 is 23.4 Å². The van der Waals surface area contributed by atoms with Crippen LogP contribution in [0.5, 0.6) is 0 Å². The summed E-state index contributed by atoms with van der Waals surface area (Å²) in [6.45, 7) is 6.46. The van der Waals surface area contributed by atoms with E-state index in [1.165, 1.54) is 16.0 Å². The van der Waals surface area contributed by atoms with Crippen LogP contribution in [0, 0.1) is 5.82 Å². The van der Waals surface area contributed by atoms with Gasteiger partial charge in [-0.3, -0.25) is 9.45 Å². The van der Waals surface area contributed by atoms with Gasteiger partial charge in [0.25, 0.3) is 10.1 Å². The van der Waals surface area contributed by atoms with Crippen molar-refractivity contribution in [3.05, 3.63) is 58.4 Å². The average Bonchev–Trinajstić information content (AvgIpc) is 3.26. The predicted molar refractivity (Wildman–Crippen MR) is 134 cm³/mol. The summed E-state index contributed by atoms with van der Waals surface area (Å²) < 4.78 is 51.0. The zero-order chi connectivity index (χ0) is 25.0. The van der Waals surface area contributed by atoms with Gasteiger partial charge in [0.1, 0.15) is 5.82 Å². The molecule has 0 aliphatic carbocycles. The van der Waals surface area contributed by atoms with Gasteiger partial charge in [-0.15, -0.1) is 0 Å². The Balaban J connectivity index is 0.000000527. The van der Waals surface area contributed by atoms with Crippen LogP contribution in [0.2, 0.25) is 5.02 Å². The van der Waals surface area contributed by atoms with Crippen LogP contribution in [0.4, 0.5) is 4.39 Å². The van der Waals surface area contributed by atoms with Crippen molar-refractivity contribution in [3.8, 4) is 0 Å². The fraction of sp³-hybridized carbons (Fsp3) is 0.500. The molecule has 2 saturated heterocycles. The molecule has 0 bridgehead atoms. The van der Waals surface area contributed by atoms with E-state index in [1.807, 2.05) is 12.1 Å². The second kappa shape index (κ2) is 11.9. The van der Waals surface area contributed by atoms with Crippen molar-refractivity contribution in [1.29, 1.82) is 0 Å². The van der Waals surface area contributed by atoms with E-state index >= 15 is 0 Å². The van der Waals surface area contributed by atoms with E-state index in [2.05, 4.69) is 21.9 Å². The molecule has 5 rings (SSSR count). The van der Waals surface area contributed by atoms with Crippen molar-refractivity contribution in [2.24, 2.45) is 0 Å². The third kappa shape index (κ3) is 7.87. The SMILES string of the molecule is CS(=O)(=O)O.Fc1ccc2c(c1)Sc1ccc(Cl)cc1CC2N1CCN(CCC2OCCO2)CC1. The molecule has 0 spiro atoms. The summed E-state index contributed by atoms with van der Waals surface area (Å²) in [5.74, 6) is -0.182. The number of rotatable bonds is 4. The Labute approximate surface area is 215 Å². The minimum absolute atomic E-state index is 0.0371. The Bertz CT molecular complexity index is 1110. The van der Waals surface area contributed by atoms with Crippen molar-refractivity contribution in [3.63, 3.8) is 0 Å². The van der Waals surface area contributed by atoms with E-state index in [0.29, 0.717) is 19.5 Å². The Kier molecular flexibility index (Phi) is 9.09. The lowest BCUT2D eigenvalue weighted by atomic mass is 9.96. The van der Waals surface area contributed by atoms with E-state index in [9.17, 15) is 12.8 Å². The van der Waals surface area contributed by atoms with Crippen LogP contribution in [0.15, 0.2) is 46.2 Å². The zero-order valence-electron chi connectivity index (χ0n) is 19.5. The van der Waals surface area contributed by atoms with E-state index < -0.39 is 10.1 Å². The van der Waals surface area contributed by atoms with Gasteiger partial charge in [0.05, 0.1) is 19.5 Å². The van der Waals surface area contributed by atoms with Crippen molar-refractivity contribution in [1.82, 2.24) is 9.80 Å². The van der Waals surface area contributed by atoms with Crippen LogP contribution < -0.4 is 0 Å². The van der Waals surface area contributed by atoms with Gasteiger partial charge < -0.3 is 14.4 Å². The molecule has 1 unspecified atom stereocenters. The quantitative estimate of drug-likeness (QED) is 0.576. The van der Waals surface area contributed by atoms with Gasteiger partial charge in [0, 0.05) is 60.0 Å². The lowest BCUT2D eigenvalue weighted by Crippen LogP contribution is -2.48. The molecule has 192 valence electrons. The van der Waals surface area contributed by atoms with Crippen molar-refractivity contribution >= 4 is 33.5 Å². The third-order valence-electron chi connectivity index (χ3n) is 6.21. The largest absolute Gasteiger partial charge is 0.350 e. The van der Waals surface area contributed by atoms with Gasteiger partial charge in [-0.1, -0.05) is 29.4 Å². The molecule has 3 heterocycles. The highest BCUT2D eigenvalue weighted by Crippen LogP contribution is 2.44. The lowest BCUT2D eigenvalue weighted by molar-refractivity contribution is -0.0538. The smallest absolute Gasteiger partial charge is 0.261 e. The molecule has 2 aromatic carbocycles. The van der Waals surface area contributed by atoms with E-state index in [-0.39, 0.29) is 18.1 Å². The number of piperazine rings is 1. The summed E-state index contributed by atoms with van der Waals surface area (Å²) in [5.41, 5.74) is 2.46. The number of hydrogen-bond acceptors (Lipinski definition) is 7. The number of fused-ring (bicyclic) bond motifs is 2. The van der Waals surface area contributed by atoms with Gasteiger partial charge in [0.15, 0.2) is 6.29 Å². The highest BCUT2D eigenvalue weighted by Gasteiger charge is 2.30. The molecule has 35 heavy (non-hydrogen) atoms. The second-order valence-corrected chi connectivity index (χ2v) is 11.8. The molecule has 0 saturated carbocycles. The van der Waals surface area contributed by atoms with Crippen molar-refractivity contribution < 1.29 is 26.8 Å². The van der Waals surface area contributed by atoms with Gasteiger partial charge >= 0.3 is 0 Å². The molecule has 2 fully saturated rings. The number of nitrogens with zero attached hydrogens (tertiary/aromatic N) is 2. The Morgan fingerprint density at radius 2 is 1.77 bits per heavy atom. The fourth-order valence-electron chi connectivity index (χ4n) is 4.60. The zero-order valence-corrected chi connectivity index (χ0v) is 21.9. The first-order valence-corrected chi connectivity index (χ1v) is 14.6. The highest BCUT2D eigenvalue weighted by atomic mass is 35.5. The minimum Gasteiger partial charge on any atom is -0.350 e. The molecule has 7 nitrogen and oxygen atoms in total. The molecular formula is C24H30ClFN2O5S2. The summed E-state index contributed by atoms with van der Waals surface area (Å²) in [4.78, 5) is 7.22. The average molecular weight is 545 g/mol. The van der Waals surface area contributed by atoms with Crippen molar-refractivity contribution in [2.75, 3.05) is 52.2 Å². The Morgan fingerprint density at radius 1 is 1.09 bits per heavy atom. The molecule has 11 heteroatoms. The normalized spacial score (nSPS) is 21.5. The Hall–Kier alpha value is -1.24. The van der Waals surface area contributed by atoms with Gasteiger partial charge in [-0.25, -0.2) is 4.39 Å². The summed E-state index contributed by atoms with van der Waals surface area (Å²) in [5, 5.41) is 0.756. The molecule has 0 radical (unpaired) electrons. The van der Waals surface area contributed by atoms with E-state index in [1.54, 1.807) is 23.9 Å². The van der Waals surface area contributed by atoms with Gasteiger partial charge in [-0.05, 0) is 47.9 Å². The summed E-state index contributed by atoms with van der Waals surface area (Å²) >= 11 is 7.95. The fourth-order valence-corrected chi connectivity index (χ4v) is 5.94. The maximum Gasteiger partial charge on any atom is 0.261 e. The van der Waals surface area contributed by atoms with Crippen molar-refractivity contribution in [2.45, 2.75) is 35.0 Å². The minimum atomic E-state index is -3.67. The van der Waals surface area contributed by atoms with Crippen LogP contribution in [0.3, 0.4) is 0 Å². The predicted octanol–water partition coefficient (Wildman–Crippen LogP) is 4.11. The Morgan fingerprint density at radius 3 is 2.46 bits per heavy atom. The first-order chi connectivity index (χ1) is 16.7. The van der Waals surface area contributed by atoms with E-state index in [4.69, 9.17) is 25.6 Å². The molecule has 3 aliphatic heterocycles. The molecule has 1 N–H and O–H groups in total. The van der Waals surface area contributed by atoms with Crippen LogP contribution in [0.1, 0.15) is 23.6 Å². The summed E-state index contributed by atoms with van der Waals surface area (Å²) in [6, 6.07) is 11.5. The number of ether oxygens (including phenoxy) is 2. The maximum atomic E-state index is 14.0. The molecule has 1 atom stereocenters. The topological polar surface area (TPSA) is 79.3 Å². The molecule has 2 aromatic rings. The summed E-state index contributed by atoms with van der Waals surface area (Å²) in [6.07, 6.45) is 2.50. The molecular weight excluding hydrogens is 515 g/mol. The van der Waals surface area contributed by atoms with Gasteiger partial charge in [-0.2, -0.15) is 8.42 Å². The maximum absolute atomic E-state index is 14.0. The highest BCUT2D eigenvalue weighted by molar-refractivity contribution is 7.99. The van der Waals surface area contributed by atoms with Crippen LogP contribution in [-0.2, 0) is 26.0 Å². The monoisotopic (exact) mass is 544 g/mol. The first kappa shape index (κ1) is 26.8. The van der Waals surface area contributed by atoms with Crippen LogP contribution in [-0.4, -0.2) is 81.3 Å². The molecule has 3 aliphatic rings. The first-order valence-electron chi connectivity index (χ1n) is 11.5. The lowest BCUT2D eigenvalue weighted by Gasteiger charge is -2.40. The second-order valence-electron chi connectivity index (χ2n) is 8.83. The molecule has 0 aromatic heterocycles. The third-order valence-corrected chi connectivity index (χ3v) is 7.64. The van der Waals surface area contributed by atoms with Gasteiger partial charge in [0.2, 0.25) is 0 Å². The standard InChI is InChI=1S/C23H26ClFN2O2S.CH4O3S/c24-17-1-4-21-16(13-17)14-20(19-3-2-18(25)15-22(19)30-21)27-9-7-26(8-10-27)6-5-23-28-11-12-29-23;1-5(2,3)4/h1-4,13,15,20,23H,5-12,14H2;1H3,(H,2,3,4). The van der Waals surface area contributed by atoms with E-state index in [0.717, 1.165) is 55.5 Å². The summed E-state index contributed by atoms with van der Waals surface area (Å²) in [7, 11) is -3.67. The number of benzene rings is 2. The number of hydrogen-bond donors (Lipinski definition) is 1.